The number of rotatable bonds is 4. The van der Waals surface area contributed by atoms with Crippen LogP contribution >= 0.6 is 11.3 Å². The third-order valence-electron chi connectivity index (χ3n) is 6.08. The highest BCUT2D eigenvalue weighted by molar-refractivity contribution is 7.91. The molecule has 1 saturated carbocycles. The lowest BCUT2D eigenvalue weighted by atomic mass is 9.97. The van der Waals surface area contributed by atoms with Crippen LogP contribution in [0.4, 0.5) is 5.69 Å². The Morgan fingerprint density at radius 1 is 1.10 bits per heavy atom. The van der Waals surface area contributed by atoms with Crippen molar-refractivity contribution in [3.05, 3.63) is 35.7 Å². The van der Waals surface area contributed by atoms with Crippen LogP contribution < -0.4 is 14.8 Å². The number of ether oxygens (including phenoxy) is 2. The maximum absolute atomic E-state index is 12.8. The SMILES string of the molecule is O=C(Nc1ccc2c(c1)OC1(CCCC1)O2)C1CCN(S(=O)(=O)c2cccs2)CC1. The number of amides is 1. The Balaban J connectivity index is 1.20. The highest BCUT2D eigenvalue weighted by Crippen LogP contribution is 2.47. The fourth-order valence-electron chi connectivity index (χ4n) is 4.43. The molecule has 9 heteroatoms. The van der Waals surface area contributed by atoms with Crippen molar-refractivity contribution in [3.8, 4) is 11.5 Å². The van der Waals surface area contributed by atoms with Gasteiger partial charge in [0.05, 0.1) is 0 Å². The second-order valence-corrected chi connectivity index (χ2v) is 11.2. The Hall–Kier alpha value is -2.10. The van der Waals surface area contributed by atoms with Gasteiger partial charge in [0.15, 0.2) is 11.5 Å². The number of hydrogen-bond acceptors (Lipinski definition) is 6. The van der Waals surface area contributed by atoms with E-state index >= 15 is 0 Å². The number of carbonyl (C=O) groups excluding carboxylic acids is 1. The third-order valence-corrected chi connectivity index (χ3v) is 9.35. The topological polar surface area (TPSA) is 84.9 Å². The number of fused-ring (bicyclic) bond motifs is 1. The largest absolute Gasteiger partial charge is 0.448 e. The van der Waals surface area contributed by atoms with Crippen molar-refractivity contribution < 1.29 is 22.7 Å². The molecular formula is C21H24N2O5S2. The van der Waals surface area contributed by atoms with Gasteiger partial charge < -0.3 is 14.8 Å². The van der Waals surface area contributed by atoms with Crippen molar-refractivity contribution >= 4 is 33.0 Å². The van der Waals surface area contributed by atoms with Gasteiger partial charge >= 0.3 is 0 Å². The van der Waals surface area contributed by atoms with E-state index in [1.54, 1.807) is 17.5 Å². The number of sulfonamides is 1. The quantitative estimate of drug-likeness (QED) is 0.768. The molecule has 2 aromatic rings. The van der Waals surface area contributed by atoms with Crippen molar-refractivity contribution in [1.82, 2.24) is 4.31 Å². The fourth-order valence-corrected chi connectivity index (χ4v) is 7.04. The van der Waals surface area contributed by atoms with E-state index in [0.717, 1.165) is 31.4 Å². The number of nitrogens with one attached hydrogen (secondary N) is 1. The average molecular weight is 449 g/mol. The van der Waals surface area contributed by atoms with Gasteiger partial charge in [0.25, 0.3) is 15.8 Å². The van der Waals surface area contributed by atoms with Gasteiger partial charge in [0.1, 0.15) is 4.21 Å². The Bertz CT molecular complexity index is 1040. The van der Waals surface area contributed by atoms with Gasteiger partial charge in [-0.15, -0.1) is 11.3 Å². The maximum atomic E-state index is 12.8. The zero-order valence-corrected chi connectivity index (χ0v) is 18.1. The average Bonchev–Trinajstić information content (AvgIpc) is 3.49. The second kappa shape index (κ2) is 7.55. The minimum atomic E-state index is -3.45. The van der Waals surface area contributed by atoms with Gasteiger partial charge in [-0.1, -0.05) is 6.07 Å². The molecule has 1 N–H and O–H groups in total. The van der Waals surface area contributed by atoms with Crippen LogP contribution in [0.1, 0.15) is 38.5 Å². The molecule has 0 bridgehead atoms. The van der Waals surface area contributed by atoms with Gasteiger partial charge in [-0.3, -0.25) is 4.79 Å². The Labute approximate surface area is 180 Å². The molecule has 1 aliphatic carbocycles. The van der Waals surface area contributed by atoms with Crippen LogP contribution in [0.5, 0.6) is 11.5 Å². The minimum Gasteiger partial charge on any atom is -0.448 e. The summed E-state index contributed by atoms with van der Waals surface area (Å²) in [5.41, 5.74) is 0.672. The first-order valence-corrected chi connectivity index (χ1v) is 12.6. The fraction of sp³-hybridized carbons (Fsp3) is 0.476. The zero-order valence-electron chi connectivity index (χ0n) is 16.5. The third kappa shape index (κ3) is 3.59. The van der Waals surface area contributed by atoms with E-state index < -0.39 is 15.8 Å². The molecule has 1 aromatic carbocycles. The van der Waals surface area contributed by atoms with Crippen LogP contribution in [0.25, 0.3) is 0 Å². The number of carbonyl (C=O) groups is 1. The van der Waals surface area contributed by atoms with E-state index in [1.165, 1.54) is 15.6 Å². The molecule has 2 aliphatic heterocycles. The molecule has 0 unspecified atom stereocenters. The summed E-state index contributed by atoms with van der Waals surface area (Å²) in [6, 6.07) is 8.83. The molecule has 7 nitrogen and oxygen atoms in total. The van der Waals surface area contributed by atoms with E-state index in [0.29, 0.717) is 41.6 Å². The normalized spacial score (nSPS) is 21.2. The number of thiophene rings is 1. The van der Waals surface area contributed by atoms with E-state index in [-0.39, 0.29) is 11.8 Å². The molecule has 1 amide bonds. The highest BCUT2D eigenvalue weighted by atomic mass is 32.2. The molecule has 160 valence electrons. The number of anilines is 1. The first-order valence-electron chi connectivity index (χ1n) is 10.3. The van der Waals surface area contributed by atoms with Crippen LogP contribution in [0.15, 0.2) is 39.9 Å². The monoisotopic (exact) mass is 448 g/mol. The molecule has 1 saturated heterocycles. The number of piperidine rings is 1. The van der Waals surface area contributed by atoms with Gasteiger partial charge in [0.2, 0.25) is 5.91 Å². The Morgan fingerprint density at radius 3 is 2.53 bits per heavy atom. The van der Waals surface area contributed by atoms with Crippen molar-refractivity contribution in [1.29, 1.82) is 0 Å². The number of benzene rings is 1. The van der Waals surface area contributed by atoms with E-state index in [4.69, 9.17) is 9.47 Å². The van der Waals surface area contributed by atoms with E-state index in [2.05, 4.69) is 5.32 Å². The van der Waals surface area contributed by atoms with Gasteiger partial charge in [-0.25, -0.2) is 8.42 Å². The molecule has 0 radical (unpaired) electrons. The highest BCUT2D eigenvalue weighted by Gasteiger charge is 2.44. The molecule has 3 heterocycles. The molecular weight excluding hydrogens is 424 g/mol. The predicted octanol–water partition coefficient (Wildman–Crippen LogP) is 3.83. The molecule has 1 spiro atoms. The zero-order chi connectivity index (χ0) is 20.8. The van der Waals surface area contributed by atoms with Crippen molar-refractivity contribution in [2.75, 3.05) is 18.4 Å². The lowest BCUT2D eigenvalue weighted by Gasteiger charge is -2.30. The van der Waals surface area contributed by atoms with Gasteiger partial charge in [-0.2, -0.15) is 4.31 Å². The van der Waals surface area contributed by atoms with Crippen molar-refractivity contribution in [2.45, 2.75) is 48.5 Å². The van der Waals surface area contributed by atoms with Crippen molar-refractivity contribution in [2.24, 2.45) is 5.92 Å². The smallest absolute Gasteiger partial charge is 0.252 e. The lowest BCUT2D eigenvalue weighted by molar-refractivity contribution is -0.120. The molecule has 0 atom stereocenters. The minimum absolute atomic E-state index is 0.0855. The van der Waals surface area contributed by atoms with Gasteiger partial charge in [0, 0.05) is 43.6 Å². The summed E-state index contributed by atoms with van der Waals surface area (Å²) in [6.45, 7) is 0.698. The van der Waals surface area contributed by atoms with E-state index in [1.807, 2.05) is 18.2 Å². The summed E-state index contributed by atoms with van der Waals surface area (Å²) < 4.78 is 39.2. The first kappa shape index (κ1) is 19.8. The van der Waals surface area contributed by atoms with Crippen LogP contribution in [-0.4, -0.2) is 37.5 Å². The van der Waals surface area contributed by atoms with Crippen LogP contribution in [0, 0.1) is 5.92 Å². The first-order chi connectivity index (χ1) is 14.5. The van der Waals surface area contributed by atoms with Crippen LogP contribution in [0.3, 0.4) is 0 Å². The van der Waals surface area contributed by atoms with Crippen LogP contribution in [0.2, 0.25) is 0 Å². The summed E-state index contributed by atoms with van der Waals surface area (Å²) in [7, 11) is -3.45. The predicted molar refractivity (Wildman–Crippen MR) is 113 cm³/mol. The summed E-state index contributed by atoms with van der Waals surface area (Å²) in [5, 5.41) is 4.72. The lowest BCUT2D eigenvalue weighted by Crippen LogP contribution is -2.41. The molecule has 30 heavy (non-hydrogen) atoms. The summed E-state index contributed by atoms with van der Waals surface area (Å²) in [4.78, 5) is 12.8. The Kier molecular flexibility index (Phi) is 4.99. The molecule has 3 aliphatic rings. The Morgan fingerprint density at radius 2 is 1.83 bits per heavy atom. The van der Waals surface area contributed by atoms with Crippen LogP contribution in [-0.2, 0) is 14.8 Å². The van der Waals surface area contributed by atoms with Crippen molar-refractivity contribution in [3.63, 3.8) is 0 Å². The molecule has 1 aromatic heterocycles. The second-order valence-electron chi connectivity index (χ2n) is 8.08. The standard InChI is InChI=1S/C21H24N2O5S2/c24-20(15-7-11-23(12-8-15)30(25,26)19-4-3-13-29-19)22-16-5-6-17-18(14-16)28-21(27-17)9-1-2-10-21/h3-6,13-15H,1-2,7-12H2,(H,22,24). The van der Waals surface area contributed by atoms with E-state index in [9.17, 15) is 13.2 Å². The molecule has 2 fully saturated rings. The maximum Gasteiger partial charge on any atom is 0.252 e. The summed E-state index contributed by atoms with van der Waals surface area (Å²) in [6.07, 6.45) is 4.97. The summed E-state index contributed by atoms with van der Waals surface area (Å²) in [5.74, 6) is 0.573. The number of hydrogen-bond donors (Lipinski definition) is 1. The molecule has 5 rings (SSSR count). The summed E-state index contributed by atoms with van der Waals surface area (Å²) >= 11 is 1.22. The van der Waals surface area contributed by atoms with Gasteiger partial charge in [-0.05, 0) is 49.3 Å². The number of nitrogens with zero attached hydrogens (tertiary/aromatic N) is 1.